The van der Waals surface area contributed by atoms with Crippen molar-refractivity contribution in [3.8, 4) is 0 Å². The van der Waals surface area contributed by atoms with Crippen LogP contribution in [0.4, 0.5) is 0 Å². The van der Waals surface area contributed by atoms with Gasteiger partial charge in [0.05, 0.1) is 6.54 Å². The molecule has 0 N–H and O–H groups in total. The average molecular weight is 324 g/mol. The lowest BCUT2D eigenvalue weighted by Crippen LogP contribution is -1.99. The van der Waals surface area contributed by atoms with Crippen molar-refractivity contribution in [3.63, 3.8) is 0 Å². The summed E-state index contributed by atoms with van der Waals surface area (Å²) in [4.78, 5) is 3.90. The van der Waals surface area contributed by atoms with E-state index in [1.807, 2.05) is 24.3 Å². The Morgan fingerprint density at radius 2 is 2.05 bits per heavy atom. The smallest absolute Gasteiger partial charge is 0.174 e. The van der Waals surface area contributed by atoms with Crippen molar-refractivity contribution in [2.24, 2.45) is 0 Å². The topological polar surface area (TPSA) is 56.5 Å². The highest BCUT2D eigenvalue weighted by Crippen LogP contribution is 2.26. The molecule has 1 aromatic carbocycles. The summed E-state index contributed by atoms with van der Waals surface area (Å²) in [5, 5.41) is 14.1. The number of rotatable bonds is 5. The summed E-state index contributed by atoms with van der Waals surface area (Å²) in [7, 11) is 0. The second kappa shape index (κ2) is 6.34. The van der Waals surface area contributed by atoms with E-state index in [-0.39, 0.29) is 0 Å². The summed E-state index contributed by atoms with van der Waals surface area (Å²) in [5.41, 5.74) is 1.22. The summed E-state index contributed by atoms with van der Waals surface area (Å²) in [6.45, 7) is 0.610. The van der Waals surface area contributed by atoms with E-state index in [1.165, 1.54) is 11.9 Å². The van der Waals surface area contributed by atoms with Crippen molar-refractivity contribution < 1.29 is 0 Å². The van der Waals surface area contributed by atoms with Gasteiger partial charge in [-0.05, 0) is 17.7 Å². The molecule has 20 heavy (non-hydrogen) atoms. The predicted molar refractivity (Wildman–Crippen MR) is 80.0 cm³/mol. The zero-order valence-electron chi connectivity index (χ0n) is 10.3. The lowest BCUT2D eigenvalue weighted by atomic mass is 10.2. The number of benzene rings is 1. The molecule has 2 heterocycles. The normalized spacial score (nSPS) is 10.8. The van der Waals surface area contributed by atoms with Crippen molar-refractivity contribution >= 4 is 34.7 Å². The highest BCUT2D eigenvalue weighted by molar-refractivity contribution is 8.00. The van der Waals surface area contributed by atoms with Crippen LogP contribution < -0.4 is 0 Å². The first kappa shape index (κ1) is 13.5. The molecule has 0 atom stereocenters. The minimum absolute atomic E-state index is 0.610. The van der Waals surface area contributed by atoms with Crippen LogP contribution in [-0.4, -0.2) is 25.0 Å². The Bertz CT molecular complexity index is 665. The van der Waals surface area contributed by atoms with Gasteiger partial charge in [-0.25, -0.2) is 9.67 Å². The van der Waals surface area contributed by atoms with Crippen LogP contribution in [-0.2, 0) is 12.3 Å². The van der Waals surface area contributed by atoms with E-state index < -0.39 is 0 Å². The van der Waals surface area contributed by atoms with Gasteiger partial charge in [-0.15, -0.1) is 10.2 Å². The summed E-state index contributed by atoms with van der Waals surface area (Å²) in [6, 6.07) is 7.83. The number of thioether (sulfide) groups is 1. The molecule has 3 aromatic rings. The van der Waals surface area contributed by atoms with E-state index in [0.717, 1.165) is 20.1 Å². The molecular weight excluding hydrogens is 314 g/mol. The van der Waals surface area contributed by atoms with Gasteiger partial charge in [-0.1, -0.05) is 46.8 Å². The Morgan fingerprint density at radius 3 is 2.80 bits per heavy atom. The Morgan fingerprint density at radius 1 is 1.20 bits per heavy atom. The second-order valence-electron chi connectivity index (χ2n) is 3.97. The van der Waals surface area contributed by atoms with Crippen LogP contribution in [0, 0.1) is 0 Å². The predicted octanol–water partition coefficient (Wildman–Crippen LogP) is 3.12. The fourth-order valence-electron chi connectivity index (χ4n) is 1.54. The molecule has 5 nitrogen and oxygen atoms in total. The van der Waals surface area contributed by atoms with Crippen LogP contribution in [0.3, 0.4) is 0 Å². The summed E-state index contributed by atoms with van der Waals surface area (Å²) in [5.74, 6) is 0.856. The van der Waals surface area contributed by atoms with Crippen molar-refractivity contribution in [1.29, 1.82) is 0 Å². The molecule has 102 valence electrons. The standard InChI is InChI=1S/C12H10ClN5S2/c13-10-3-1-9(2-4-10)6-19-12-17-16-11(20-12)5-18-8-14-7-15-18/h1-4,7-8H,5-6H2. The van der Waals surface area contributed by atoms with Crippen LogP contribution in [0.25, 0.3) is 0 Å². The summed E-state index contributed by atoms with van der Waals surface area (Å²) in [6.07, 6.45) is 3.18. The van der Waals surface area contributed by atoms with E-state index in [2.05, 4.69) is 20.3 Å². The lowest BCUT2D eigenvalue weighted by Gasteiger charge is -1.98. The van der Waals surface area contributed by atoms with Gasteiger partial charge in [0.15, 0.2) is 4.34 Å². The van der Waals surface area contributed by atoms with Crippen LogP contribution >= 0.6 is 34.7 Å². The van der Waals surface area contributed by atoms with Crippen molar-refractivity contribution in [1.82, 2.24) is 25.0 Å². The average Bonchev–Trinajstić information content (AvgIpc) is 3.11. The highest BCUT2D eigenvalue weighted by atomic mass is 35.5. The number of halogens is 1. The van der Waals surface area contributed by atoms with E-state index in [9.17, 15) is 0 Å². The van der Waals surface area contributed by atoms with E-state index >= 15 is 0 Å². The molecule has 2 aromatic heterocycles. The molecule has 0 aliphatic heterocycles. The molecule has 0 aliphatic carbocycles. The van der Waals surface area contributed by atoms with Gasteiger partial charge < -0.3 is 0 Å². The highest BCUT2D eigenvalue weighted by Gasteiger charge is 2.06. The number of aromatic nitrogens is 5. The minimum Gasteiger partial charge on any atom is -0.246 e. The van der Waals surface area contributed by atoms with E-state index in [4.69, 9.17) is 11.6 Å². The van der Waals surface area contributed by atoms with Crippen LogP contribution in [0.1, 0.15) is 10.6 Å². The van der Waals surface area contributed by atoms with Gasteiger partial charge in [0, 0.05) is 10.8 Å². The Kier molecular flexibility index (Phi) is 4.29. The SMILES string of the molecule is Clc1ccc(CSc2nnc(Cn3cncn3)s2)cc1. The number of nitrogens with zero attached hydrogens (tertiary/aromatic N) is 5. The van der Waals surface area contributed by atoms with Gasteiger partial charge in [0.25, 0.3) is 0 Å². The molecule has 0 fully saturated rings. The molecule has 0 saturated heterocycles. The van der Waals surface area contributed by atoms with Gasteiger partial charge in [0.1, 0.15) is 17.7 Å². The largest absolute Gasteiger partial charge is 0.246 e. The zero-order valence-corrected chi connectivity index (χ0v) is 12.7. The molecule has 0 amide bonds. The third-order valence-electron chi connectivity index (χ3n) is 2.49. The molecule has 0 saturated carbocycles. The summed E-state index contributed by atoms with van der Waals surface area (Å²) >= 11 is 9.11. The van der Waals surface area contributed by atoms with Crippen molar-refractivity contribution in [2.45, 2.75) is 16.6 Å². The van der Waals surface area contributed by atoms with Gasteiger partial charge in [0.2, 0.25) is 0 Å². The Hall–Kier alpha value is -1.44. The van der Waals surface area contributed by atoms with E-state index in [1.54, 1.807) is 34.1 Å². The maximum absolute atomic E-state index is 5.86. The Labute approximate surface area is 129 Å². The third-order valence-corrected chi connectivity index (χ3v) is 4.85. The molecule has 3 rings (SSSR count). The number of hydrogen-bond donors (Lipinski definition) is 0. The fraction of sp³-hybridized carbons (Fsp3) is 0.167. The second-order valence-corrected chi connectivity index (χ2v) is 6.69. The van der Waals surface area contributed by atoms with Crippen LogP contribution in [0.2, 0.25) is 5.02 Å². The molecule has 0 radical (unpaired) electrons. The monoisotopic (exact) mass is 323 g/mol. The zero-order chi connectivity index (χ0) is 13.8. The van der Waals surface area contributed by atoms with Crippen molar-refractivity contribution in [2.75, 3.05) is 0 Å². The fourth-order valence-corrected chi connectivity index (χ4v) is 3.51. The first-order chi connectivity index (χ1) is 9.79. The first-order valence-corrected chi connectivity index (χ1v) is 7.99. The molecule has 8 heteroatoms. The van der Waals surface area contributed by atoms with Gasteiger partial charge >= 0.3 is 0 Å². The molecule has 0 bridgehead atoms. The lowest BCUT2D eigenvalue weighted by molar-refractivity contribution is 0.674. The molecule has 0 aliphatic rings. The molecule has 0 spiro atoms. The molecular formula is C12H10ClN5S2. The van der Waals surface area contributed by atoms with Gasteiger partial charge in [-0.2, -0.15) is 5.10 Å². The van der Waals surface area contributed by atoms with Crippen LogP contribution in [0.15, 0.2) is 41.3 Å². The van der Waals surface area contributed by atoms with Crippen molar-refractivity contribution in [3.05, 3.63) is 52.5 Å². The first-order valence-electron chi connectivity index (χ1n) is 5.81. The Balaban J connectivity index is 1.58. The molecule has 0 unspecified atom stereocenters. The van der Waals surface area contributed by atoms with Gasteiger partial charge in [-0.3, -0.25) is 0 Å². The summed E-state index contributed by atoms with van der Waals surface area (Å²) < 4.78 is 2.68. The quantitative estimate of drug-likeness (QED) is 0.675. The minimum atomic E-state index is 0.610. The number of hydrogen-bond acceptors (Lipinski definition) is 6. The van der Waals surface area contributed by atoms with E-state index in [0.29, 0.717) is 6.54 Å². The third kappa shape index (κ3) is 3.56. The van der Waals surface area contributed by atoms with Crippen LogP contribution in [0.5, 0.6) is 0 Å². The maximum Gasteiger partial charge on any atom is 0.174 e. The maximum atomic E-state index is 5.86.